The molecule has 8 heteroatoms. The van der Waals surface area contributed by atoms with Gasteiger partial charge in [0.15, 0.2) is 18.1 Å². The Morgan fingerprint density at radius 3 is 2.65 bits per heavy atom. The van der Waals surface area contributed by atoms with Crippen molar-refractivity contribution in [2.45, 2.75) is 6.92 Å². The highest BCUT2D eigenvalue weighted by Gasteiger charge is 2.10. The summed E-state index contributed by atoms with van der Waals surface area (Å²) in [6, 6.07) is 10.4. The molecule has 0 unspecified atom stereocenters. The van der Waals surface area contributed by atoms with Crippen molar-refractivity contribution < 1.29 is 19.0 Å². The summed E-state index contributed by atoms with van der Waals surface area (Å²) < 4.78 is 17.1. The molecule has 1 N–H and O–H groups in total. The zero-order chi connectivity index (χ0) is 18.9. The van der Waals surface area contributed by atoms with Crippen LogP contribution in [0.2, 0.25) is 5.02 Å². The van der Waals surface area contributed by atoms with Crippen LogP contribution in [0.4, 0.5) is 0 Å². The first-order valence-electron chi connectivity index (χ1n) is 7.74. The molecule has 1 amide bonds. The largest absolute Gasteiger partial charge is 0.492 e. The first kappa shape index (κ1) is 20.3. The number of amides is 1. The van der Waals surface area contributed by atoms with Crippen molar-refractivity contribution >= 4 is 46.3 Å². The Morgan fingerprint density at radius 1 is 1.27 bits per heavy atom. The summed E-state index contributed by atoms with van der Waals surface area (Å²) in [4.78, 5) is 11.8. The third-order valence-corrected chi connectivity index (χ3v) is 4.18. The summed E-state index contributed by atoms with van der Waals surface area (Å²) in [6.45, 7) is 2.27. The van der Waals surface area contributed by atoms with E-state index in [1.165, 1.54) is 6.21 Å². The highest BCUT2D eigenvalue weighted by Crippen LogP contribution is 2.33. The summed E-state index contributed by atoms with van der Waals surface area (Å²) >= 11 is 7.95. The van der Waals surface area contributed by atoms with Gasteiger partial charge in [-0.05, 0) is 71.5 Å². The third kappa shape index (κ3) is 6.06. The molecule has 0 aliphatic carbocycles. The predicted molar refractivity (Wildman–Crippen MR) is 110 cm³/mol. The fraction of sp³-hybridized carbons (Fsp3) is 0.222. The van der Waals surface area contributed by atoms with Gasteiger partial charge < -0.3 is 14.2 Å². The number of nitrogens with one attached hydrogen (secondary N) is 1. The monoisotopic (exact) mass is 488 g/mol. The quantitative estimate of drug-likeness (QED) is 0.348. The molecule has 26 heavy (non-hydrogen) atoms. The van der Waals surface area contributed by atoms with E-state index in [1.807, 2.05) is 13.0 Å². The minimum absolute atomic E-state index is 0.149. The molecule has 0 radical (unpaired) electrons. The Labute approximate surface area is 170 Å². The van der Waals surface area contributed by atoms with Gasteiger partial charge in [0.25, 0.3) is 5.91 Å². The van der Waals surface area contributed by atoms with Gasteiger partial charge in [0, 0.05) is 5.02 Å². The van der Waals surface area contributed by atoms with Crippen LogP contribution in [0.1, 0.15) is 12.5 Å². The summed E-state index contributed by atoms with van der Waals surface area (Å²) in [7, 11) is 1.59. The van der Waals surface area contributed by atoms with E-state index >= 15 is 0 Å². The van der Waals surface area contributed by atoms with Crippen molar-refractivity contribution in [3.63, 3.8) is 0 Å². The molecular formula is C18H18ClIN2O4. The van der Waals surface area contributed by atoms with Crippen molar-refractivity contribution in [3.05, 3.63) is 50.6 Å². The molecule has 0 heterocycles. The Morgan fingerprint density at radius 2 is 2.00 bits per heavy atom. The Bertz CT molecular complexity index is 782. The molecule has 6 nitrogen and oxygen atoms in total. The molecule has 2 aromatic carbocycles. The Hall–Kier alpha value is -2.00. The number of hydrogen-bond donors (Lipinski definition) is 1. The number of hydrazone groups is 1. The SMILES string of the molecule is CCOc1cc(C=NNC(=O)COc2ccc(Cl)cc2)cc(I)c1OC. The van der Waals surface area contributed by atoms with E-state index in [2.05, 4.69) is 33.1 Å². The van der Waals surface area contributed by atoms with Gasteiger partial charge in [0.2, 0.25) is 0 Å². The van der Waals surface area contributed by atoms with Gasteiger partial charge in [0.1, 0.15) is 5.75 Å². The molecule has 0 aliphatic heterocycles. The average molecular weight is 489 g/mol. The standard InChI is InChI=1S/C18H18ClIN2O4/c1-3-25-16-9-12(8-15(20)18(16)24-2)10-21-22-17(23)11-26-14-6-4-13(19)5-7-14/h4-10H,3,11H2,1-2H3,(H,22,23). The highest BCUT2D eigenvalue weighted by molar-refractivity contribution is 14.1. The van der Waals surface area contributed by atoms with Gasteiger partial charge >= 0.3 is 0 Å². The number of hydrogen-bond acceptors (Lipinski definition) is 5. The molecule has 138 valence electrons. The summed E-state index contributed by atoms with van der Waals surface area (Å²) in [6.07, 6.45) is 1.53. The molecule has 2 rings (SSSR count). The van der Waals surface area contributed by atoms with E-state index in [1.54, 1.807) is 37.4 Å². The first-order valence-corrected chi connectivity index (χ1v) is 9.19. The van der Waals surface area contributed by atoms with Crippen LogP contribution in [0.15, 0.2) is 41.5 Å². The van der Waals surface area contributed by atoms with Crippen molar-refractivity contribution in [2.24, 2.45) is 5.10 Å². The van der Waals surface area contributed by atoms with Gasteiger partial charge in [-0.1, -0.05) is 11.6 Å². The fourth-order valence-corrected chi connectivity index (χ4v) is 2.99. The lowest BCUT2D eigenvalue weighted by molar-refractivity contribution is -0.123. The molecule has 0 bridgehead atoms. The molecule has 0 saturated heterocycles. The van der Waals surface area contributed by atoms with Gasteiger partial charge in [-0.2, -0.15) is 5.10 Å². The summed E-state index contributed by atoms with van der Waals surface area (Å²) in [5, 5.41) is 4.54. The van der Waals surface area contributed by atoms with Crippen LogP contribution in [0.3, 0.4) is 0 Å². The van der Waals surface area contributed by atoms with Gasteiger partial charge in [-0.15, -0.1) is 0 Å². The maximum atomic E-state index is 11.8. The van der Waals surface area contributed by atoms with Crippen molar-refractivity contribution in [1.29, 1.82) is 0 Å². The zero-order valence-electron chi connectivity index (χ0n) is 14.3. The number of methoxy groups -OCH3 is 1. The lowest BCUT2D eigenvalue weighted by Crippen LogP contribution is -2.24. The summed E-state index contributed by atoms with van der Waals surface area (Å²) in [5.74, 6) is 1.48. The summed E-state index contributed by atoms with van der Waals surface area (Å²) in [5.41, 5.74) is 3.19. The van der Waals surface area contributed by atoms with Crippen LogP contribution < -0.4 is 19.6 Å². The van der Waals surface area contributed by atoms with Crippen molar-refractivity contribution in [2.75, 3.05) is 20.3 Å². The average Bonchev–Trinajstić information content (AvgIpc) is 2.61. The minimum atomic E-state index is -0.371. The van der Waals surface area contributed by atoms with Crippen LogP contribution in [-0.4, -0.2) is 32.4 Å². The number of benzene rings is 2. The lowest BCUT2D eigenvalue weighted by atomic mass is 10.2. The van der Waals surface area contributed by atoms with E-state index in [4.69, 9.17) is 25.8 Å². The smallest absolute Gasteiger partial charge is 0.277 e. The first-order chi connectivity index (χ1) is 12.5. The van der Waals surface area contributed by atoms with Crippen LogP contribution in [0.5, 0.6) is 17.2 Å². The van der Waals surface area contributed by atoms with Gasteiger partial charge in [0.05, 0.1) is 23.5 Å². The molecule has 2 aromatic rings. The fourth-order valence-electron chi connectivity index (χ4n) is 2.01. The van der Waals surface area contributed by atoms with E-state index in [9.17, 15) is 4.79 Å². The van der Waals surface area contributed by atoms with Crippen molar-refractivity contribution in [3.8, 4) is 17.2 Å². The van der Waals surface area contributed by atoms with E-state index in [0.717, 1.165) is 9.13 Å². The molecule has 0 aromatic heterocycles. The Balaban J connectivity index is 1.92. The minimum Gasteiger partial charge on any atom is -0.492 e. The van der Waals surface area contributed by atoms with Crippen LogP contribution >= 0.6 is 34.2 Å². The number of halogens is 2. The predicted octanol–water partition coefficient (Wildman–Crippen LogP) is 3.88. The van der Waals surface area contributed by atoms with E-state index in [0.29, 0.717) is 28.9 Å². The number of nitrogens with zero attached hydrogens (tertiary/aromatic N) is 1. The lowest BCUT2D eigenvalue weighted by Gasteiger charge is -2.11. The van der Waals surface area contributed by atoms with Gasteiger partial charge in [-0.25, -0.2) is 5.43 Å². The number of ether oxygens (including phenoxy) is 3. The maximum Gasteiger partial charge on any atom is 0.277 e. The second kappa shape index (κ2) is 10.2. The van der Waals surface area contributed by atoms with Gasteiger partial charge in [-0.3, -0.25) is 4.79 Å². The van der Waals surface area contributed by atoms with E-state index in [-0.39, 0.29) is 12.5 Å². The second-order valence-electron chi connectivity index (χ2n) is 5.00. The molecule has 0 spiro atoms. The third-order valence-electron chi connectivity index (χ3n) is 3.12. The van der Waals surface area contributed by atoms with Crippen LogP contribution in [0, 0.1) is 3.57 Å². The van der Waals surface area contributed by atoms with Crippen LogP contribution in [0.25, 0.3) is 0 Å². The number of carbonyl (C=O) groups excluding carboxylic acids is 1. The van der Waals surface area contributed by atoms with Crippen LogP contribution in [-0.2, 0) is 4.79 Å². The molecule has 0 fully saturated rings. The zero-order valence-corrected chi connectivity index (χ0v) is 17.2. The maximum absolute atomic E-state index is 11.8. The molecule has 0 aliphatic rings. The number of rotatable bonds is 8. The topological polar surface area (TPSA) is 69.2 Å². The second-order valence-corrected chi connectivity index (χ2v) is 6.60. The number of carbonyl (C=O) groups is 1. The normalized spacial score (nSPS) is 10.6. The molecular weight excluding hydrogens is 471 g/mol. The van der Waals surface area contributed by atoms with E-state index < -0.39 is 0 Å². The Kier molecular flexibility index (Phi) is 7.99. The van der Waals surface area contributed by atoms with Crippen molar-refractivity contribution in [1.82, 2.24) is 5.43 Å². The molecule has 0 atom stereocenters. The highest BCUT2D eigenvalue weighted by atomic mass is 127. The molecule has 0 saturated carbocycles.